The minimum absolute atomic E-state index is 0.0617. The summed E-state index contributed by atoms with van der Waals surface area (Å²) in [6.07, 6.45) is 4.66. The Hall–Kier alpha value is -1.50. The standard InChI is InChI=1S/C13H11F3O3S/c1-7-2-5-10(19-20(17,18)13(14,15)16)12-9-4-3-8(6-9)11(7)12/h2-5,8-9H,6H2,1H3. The first-order valence-corrected chi connectivity index (χ1v) is 7.44. The van der Waals surface area contributed by atoms with Crippen LogP contribution >= 0.6 is 0 Å². The Morgan fingerprint density at radius 2 is 1.75 bits per heavy atom. The van der Waals surface area contributed by atoms with Gasteiger partial charge >= 0.3 is 15.6 Å². The largest absolute Gasteiger partial charge is 0.534 e. The average molecular weight is 304 g/mol. The Morgan fingerprint density at radius 3 is 2.35 bits per heavy atom. The maximum Gasteiger partial charge on any atom is 0.534 e. The lowest BCUT2D eigenvalue weighted by atomic mass is 9.92. The molecule has 7 heteroatoms. The van der Waals surface area contributed by atoms with E-state index in [-0.39, 0.29) is 17.6 Å². The zero-order valence-corrected chi connectivity index (χ0v) is 11.3. The normalized spacial score (nSPS) is 24.0. The molecule has 0 aromatic heterocycles. The number of allylic oxidation sites excluding steroid dienone is 2. The van der Waals surface area contributed by atoms with Gasteiger partial charge in [-0.15, -0.1) is 0 Å². The fourth-order valence-electron chi connectivity index (χ4n) is 2.97. The number of fused-ring (bicyclic) bond motifs is 5. The Balaban J connectivity index is 2.07. The number of halogens is 3. The van der Waals surface area contributed by atoms with E-state index >= 15 is 0 Å². The van der Waals surface area contributed by atoms with Crippen LogP contribution in [0.3, 0.4) is 0 Å². The van der Waals surface area contributed by atoms with E-state index in [4.69, 9.17) is 0 Å². The van der Waals surface area contributed by atoms with E-state index in [1.54, 1.807) is 6.07 Å². The molecule has 0 heterocycles. The summed E-state index contributed by atoms with van der Waals surface area (Å²) in [5.41, 5.74) is -3.01. The van der Waals surface area contributed by atoms with Crippen LogP contribution in [0, 0.1) is 6.92 Å². The molecule has 0 saturated heterocycles. The van der Waals surface area contributed by atoms with Gasteiger partial charge in [0.15, 0.2) is 0 Å². The third-order valence-electron chi connectivity index (χ3n) is 3.77. The van der Waals surface area contributed by atoms with Gasteiger partial charge in [0.25, 0.3) is 0 Å². The van der Waals surface area contributed by atoms with E-state index in [1.165, 1.54) is 6.07 Å². The van der Waals surface area contributed by atoms with Gasteiger partial charge in [0, 0.05) is 17.4 Å². The Kier molecular flexibility index (Phi) is 2.70. The van der Waals surface area contributed by atoms with Gasteiger partial charge in [-0.2, -0.15) is 21.6 Å². The van der Waals surface area contributed by atoms with Crippen LogP contribution in [0.25, 0.3) is 0 Å². The monoisotopic (exact) mass is 304 g/mol. The van der Waals surface area contributed by atoms with Gasteiger partial charge in [0.05, 0.1) is 0 Å². The number of aryl methyl sites for hydroxylation is 1. The Morgan fingerprint density at radius 1 is 1.15 bits per heavy atom. The van der Waals surface area contributed by atoms with Crippen LogP contribution < -0.4 is 4.18 Å². The quantitative estimate of drug-likeness (QED) is 0.478. The number of alkyl halides is 3. The highest BCUT2D eigenvalue weighted by Crippen LogP contribution is 2.53. The number of hydrogen-bond acceptors (Lipinski definition) is 3. The van der Waals surface area contributed by atoms with Gasteiger partial charge in [0.1, 0.15) is 5.75 Å². The summed E-state index contributed by atoms with van der Waals surface area (Å²) in [6, 6.07) is 2.89. The van der Waals surface area contributed by atoms with Gasteiger partial charge in [-0.25, -0.2) is 0 Å². The second-order valence-corrected chi connectivity index (χ2v) is 6.56. The molecule has 3 nitrogen and oxygen atoms in total. The van der Waals surface area contributed by atoms with Crippen molar-refractivity contribution >= 4 is 10.1 Å². The van der Waals surface area contributed by atoms with Crippen molar-refractivity contribution in [2.24, 2.45) is 0 Å². The lowest BCUT2D eigenvalue weighted by molar-refractivity contribution is -0.0500. The molecule has 2 unspecified atom stereocenters. The van der Waals surface area contributed by atoms with Crippen LogP contribution in [-0.2, 0) is 10.1 Å². The summed E-state index contributed by atoms with van der Waals surface area (Å²) in [4.78, 5) is 0. The van der Waals surface area contributed by atoms with E-state index in [1.807, 2.05) is 19.1 Å². The van der Waals surface area contributed by atoms with Gasteiger partial charge in [-0.05, 0) is 30.5 Å². The molecule has 2 aliphatic carbocycles. The molecule has 2 aliphatic rings. The van der Waals surface area contributed by atoms with Crippen molar-refractivity contribution < 1.29 is 25.8 Å². The zero-order valence-electron chi connectivity index (χ0n) is 10.4. The summed E-state index contributed by atoms with van der Waals surface area (Å²) in [6.45, 7) is 1.86. The molecule has 2 atom stereocenters. The summed E-state index contributed by atoms with van der Waals surface area (Å²) < 4.78 is 63.9. The predicted molar refractivity (Wildman–Crippen MR) is 66.0 cm³/mol. The molecule has 0 amide bonds. The second kappa shape index (κ2) is 4.00. The SMILES string of the molecule is Cc1ccc(OS(=O)(=O)C(F)(F)F)c2c1C1C=CC2C1. The van der Waals surface area contributed by atoms with Gasteiger partial charge in [-0.3, -0.25) is 0 Å². The molecule has 0 spiro atoms. The van der Waals surface area contributed by atoms with Gasteiger partial charge in [0.2, 0.25) is 0 Å². The molecular formula is C13H11F3O3S. The summed E-state index contributed by atoms with van der Waals surface area (Å²) in [5, 5.41) is 0. The Labute approximate surface area is 114 Å². The van der Waals surface area contributed by atoms with Crippen molar-refractivity contribution in [3.05, 3.63) is 41.0 Å². The molecule has 2 bridgehead atoms. The van der Waals surface area contributed by atoms with Crippen molar-refractivity contribution in [3.8, 4) is 5.75 Å². The van der Waals surface area contributed by atoms with Crippen LogP contribution in [0.4, 0.5) is 13.2 Å². The molecule has 0 saturated carbocycles. The smallest absolute Gasteiger partial charge is 0.376 e. The van der Waals surface area contributed by atoms with Crippen molar-refractivity contribution in [1.29, 1.82) is 0 Å². The molecule has 1 aromatic rings. The average Bonchev–Trinajstić information content (AvgIpc) is 2.92. The highest BCUT2D eigenvalue weighted by molar-refractivity contribution is 7.88. The maximum atomic E-state index is 12.4. The molecule has 108 valence electrons. The number of rotatable bonds is 2. The highest BCUT2D eigenvalue weighted by Gasteiger charge is 2.49. The van der Waals surface area contributed by atoms with Crippen LogP contribution in [0.2, 0.25) is 0 Å². The van der Waals surface area contributed by atoms with Crippen molar-refractivity contribution in [3.63, 3.8) is 0 Å². The minimum atomic E-state index is -5.63. The van der Waals surface area contributed by atoms with Crippen LogP contribution in [0.1, 0.15) is 34.9 Å². The number of benzene rings is 1. The molecule has 0 fully saturated rings. The van der Waals surface area contributed by atoms with Crippen molar-refractivity contribution in [2.75, 3.05) is 0 Å². The van der Waals surface area contributed by atoms with Crippen molar-refractivity contribution in [2.45, 2.75) is 30.7 Å². The topological polar surface area (TPSA) is 43.4 Å². The predicted octanol–water partition coefficient (Wildman–Crippen LogP) is 3.36. The van der Waals surface area contributed by atoms with E-state index in [9.17, 15) is 21.6 Å². The van der Waals surface area contributed by atoms with E-state index in [0.29, 0.717) is 5.56 Å². The molecule has 0 N–H and O–H groups in total. The first-order chi connectivity index (χ1) is 9.21. The lowest BCUT2D eigenvalue weighted by Crippen LogP contribution is -2.28. The van der Waals surface area contributed by atoms with Crippen molar-refractivity contribution in [1.82, 2.24) is 0 Å². The third kappa shape index (κ3) is 1.83. The molecule has 3 rings (SSSR count). The summed E-state index contributed by atoms with van der Waals surface area (Å²) in [5.74, 6) is -0.125. The molecule has 0 aliphatic heterocycles. The van der Waals surface area contributed by atoms with E-state index < -0.39 is 15.6 Å². The number of hydrogen-bond donors (Lipinski definition) is 0. The Bertz CT molecular complexity index is 704. The lowest BCUT2D eigenvalue weighted by Gasteiger charge is -2.18. The third-order valence-corrected chi connectivity index (χ3v) is 4.74. The second-order valence-electron chi connectivity index (χ2n) is 5.02. The first-order valence-electron chi connectivity index (χ1n) is 6.03. The van der Waals surface area contributed by atoms with Crippen LogP contribution in [0.5, 0.6) is 5.75 Å². The maximum absolute atomic E-state index is 12.4. The van der Waals surface area contributed by atoms with Crippen LogP contribution in [0.15, 0.2) is 24.3 Å². The molecule has 0 radical (unpaired) electrons. The molecular weight excluding hydrogens is 293 g/mol. The fraction of sp³-hybridized carbons (Fsp3) is 0.385. The van der Waals surface area contributed by atoms with Gasteiger partial charge in [-0.1, -0.05) is 18.2 Å². The van der Waals surface area contributed by atoms with Gasteiger partial charge < -0.3 is 4.18 Å². The summed E-state index contributed by atoms with van der Waals surface area (Å²) in [7, 11) is -5.63. The first kappa shape index (κ1) is 13.5. The zero-order chi connectivity index (χ0) is 14.7. The minimum Gasteiger partial charge on any atom is -0.376 e. The molecule has 1 aromatic carbocycles. The van der Waals surface area contributed by atoms with E-state index in [0.717, 1.165) is 17.5 Å². The van der Waals surface area contributed by atoms with E-state index in [2.05, 4.69) is 4.18 Å². The fourth-order valence-corrected chi connectivity index (χ4v) is 3.44. The van der Waals surface area contributed by atoms with Crippen LogP contribution in [-0.4, -0.2) is 13.9 Å². The summed E-state index contributed by atoms with van der Waals surface area (Å²) >= 11 is 0. The molecule has 20 heavy (non-hydrogen) atoms. The highest BCUT2D eigenvalue weighted by atomic mass is 32.2.